The Labute approximate surface area is 96.0 Å². The molecule has 1 aliphatic rings. The molecule has 0 radical (unpaired) electrons. The Hall–Kier alpha value is -1.51. The van der Waals surface area contributed by atoms with Crippen LogP contribution in [0.15, 0.2) is 24.3 Å². The lowest BCUT2D eigenvalue weighted by molar-refractivity contribution is -0.128. The van der Waals surface area contributed by atoms with Crippen molar-refractivity contribution in [2.24, 2.45) is 0 Å². The van der Waals surface area contributed by atoms with E-state index in [1.54, 1.807) is 6.92 Å². The molecule has 1 saturated heterocycles. The van der Waals surface area contributed by atoms with Gasteiger partial charge in [-0.2, -0.15) is 0 Å². The summed E-state index contributed by atoms with van der Waals surface area (Å²) in [6.45, 7) is 5.17. The molecule has 16 heavy (non-hydrogen) atoms. The highest BCUT2D eigenvalue weighted by Gasteiger charge is 2.25. The molecule has 86 valence electrons. The van der Waals surface area contributed by atoms with Crippen molar-refractivity contribution in [3.63, 3.8) is 0 Å². The standard InChI is InChI=1S/C13H17NO2/c1-10-4-3-5-12(8-10)16-13-6-7-14(9-13)11(2)15/h3-5,8,13H,6-7,9H2,1-2H3. The molecular formula is C13H17NO2. The molecule has 3 nitrogen and oxygen atoms in total. The molecule has 1 fully saturated rings. The summed E-state index contributed by atoms with van der Waals surface area (Å²) in [5.74, 6) is 1.03. The predicted molar refractivity (Wildman–Crippen MR) is 62.5 cm³/mol. The van der Waals surface area contributed by atoms with E-state index in [9.17, 15) is 4.79 Å². The SMILES string of the molecule is CC(=O)N1CCC(Oc2cccc(C)c2)C1. The first-order chi connectivity index (χ1) is 7.65. The molecule has 3 heteroatoms. The van der Waals surface area contributed by atoms with Crippen LogP contribution in [0.1, 0.15) is 18.9 Å². The highest BCUT2D eigenvalue weighted by Crippen LogP contribution is 2.19. The zero-order chi connectivity index (χ0) is 11.5. The van der Waals surface area contributed by atoms with Crippen LogP contribution in [0, 0.1) is 6.92 Å². The number of rotatable bonds is 2. The Morgan fingerprint density at radius 1 is 1.50 bits per heavy atom. The molecule has 0 spiro atoms. The van der Waals surface area contributed by atoms with Crippen molar-refractivity contribution in [3.05, 3.63) is 29.8 Å². The van der Waals surface area contributed by atoms with Gasteiger partial charge in [0.05, 0.1) is 6.54 Å². The van der Waals surface area contributed by atoms with Crippen LogP contribution in [0.4, 0.5) is 0 Å². The van der Waals surface area contributed by atoms with Crippen LogP contribution in [0.3, 0.4) is 0 Å². The second kappa shape index (κ2) is 4.56. The van der Waals surface area contributed by atoms with E-state index in [1.165, 1.54) is 5.56 Å². The van der Waals surface area contributed by atoms with Gasteiger partial charge in [0, 0.05) is 19.9 Å². The van der Waals surface area contributed by atoms with Gasteiger partial charge in [0.15, 0.2) is 0 Å². The van der Waals surface area contributed by atoms with Gasteiger partial charge in [0.1, 0.15) is 11.9 Å². The number of aryl methyl sites for hydroxylation is 1. The predicted octanol–water partition coefficient (Wildman–Crippen LogP) is 1.99. The van der Waals surface area contributed by atoms with E-state index < -0.39 is 0 Å². The molecular weight excluding hydrogens is 202 g/mol. The largest absolute Gasteiger partial charge is 0.489 e. The van der Waals surface area contributed by atoms with E-state index in [0.717, 1.165) is 18.7 Å². The van der Waals surface area contributed by atoms with Gasteiger partial charge >= 0.3 is 0 Å². The number of benzene rings is 1. The van der Waals surface area contributed by atoms with Crippen LogP contribution in [-0.4, -0.2) is 30.0 Å². The first-order valence-corrected chi connectivity index (χ1v) is 5.64. The lowest BCUT2D eigenvalue weighted by atomic mass is 10.2. The summed E-state index contributed by atoms with van der Waals surface area (Å²) < 4.78 is 5.84. The van der Waals surface area contributed by atoms with E-state index in [4.69, 9.17) is 4.74 Å². The maximum Gasteiger partial charge on any atom is 0.219 e. The summed E-state index contributed by atoms with van der Waals surface area (Å²) in [5.41, 5.74) is 1.19. The summed E-state index contributed by atoms with van der Waals surface area (Å²) in [6.07, 6.45) is 1.07. The molecule has 1 atom stereocenters. The number of likely N-dealkylation sites (tertiary alicyclic amines) is 1. The summed E-state index contributed by atoms with van der Waals surface area (Å²) in [5, 5.41) is 0. The van der Waals surface area contributed by atoms with Crippen molar-refractivity contribution in [1.82, 2.24) is 4.90 Å². The molecule has 1 heterocycles. The van der Waals surface area contributed by atoms with Gasteiger partial charge in [0.2, 0.25) is 5.91 Å². The average Bonchev–Trinajstić information content (AvgIpc) is 2.66. The lowest BCUT2D eigenvalue weighted by Gasteiger charge is -2.15. The minimum atomic E-state index is 0.135. The van der Waals surface area contributed by atoms with Gasteiger partial charge in [0.25, 0.3) is 0 Å². The van der Waals surface area contributed by atoms with Crippen LogP contribution < -0.4 is 4.74 Å². The molecule has 1 aromatic rings. The van der Waals surface area contributed by atoms with Crippen LogP contribution in [0.25, 0.3) is 0 Å². The van der Waals surface area contributed by atoms with Crippen LogP contribution in [0.5, 0.6) is 5.75 Å². The van der Waals surface area contributed by atoms with Crippen molar-refractivity contribution in [1.29, 1.82) is 0 Å². The third kappa shape index (κ3) is 2.54. The maximum atomic E-state index is 11.2. The van der Waals surface area contributed by atoms with Crippen LogP contribution in [0.2, 0.25) is 0 Å². The molecule has 0 aromatic heterocycles. The van der Waals surface area contributed by atoms with Crippen LogP contribution >= 0.6 is 0 Å². The van der Waals surface area contributed by atoms with E-state index in [0.29, 0.717) is 6.54 Å². The van der Waals surface area contributed by atoms with Crippen LogP contribution in [-0.2, 0) is 4.79 Å². The average molecular weight is 219 g/mol. The summed E-state index contributed by atoms with van der Waals surface area (Å²) in [7, 11) is 0. The lowest BCUT2D eigenvalue weighted by Crippen LogP contribution is -2.28. The third-order valence-corrected chi connectivity index (χ3v) is 2.88. The second-order valence-electron chi connectivity index (χ2n) is 4.31. The van der Waals surface area contributed by atoms with E-state index in [-0.39, 0.29) is 12.0 Å². The van der Waals surface area contributed by atoms with Crippen molar-refractivity contribution in [2.75, 3.05) is 13.1 Å². The number of hydrogen-bond donors (Lipinski definition) is 0. The summed E-state index contributed by atoms with van der Waals surface area (Å²) in [4.78, 5) is 13.0. The molecule has 1 amide bonds. The minimum Gasteiger partial charge on any atom is -0.489 e. The Morgan fingerprint density at radius 3 is 2.94 bits per heavy atom. The number of nitrogens with zero attached hydrogens (tertiary/aromatic N) is 1. The molecule has 0 saturated carbocycles. The van der Waals surface area contributed by atoms with Crippen molar-refractivity contribution >= 4 is 5.91 Å². The first-order valence-electron chi connectivity index (χ1n) is 5.64. The van der Waals surface area contributed by atoms with Gasteiger partial charge < -0.3 is 9.64 Å². The van der Waals surface area contributed by atoms with Gasteiger partial charge in [-0.1, -0.05) is 12.1 Å². The highest BCUT2D eigenvalue weighted by molar-refractivity contribution is 5.73. The van der Waals surface area contributed by atoms with Gasteiger partial charge in [-0.05, 0) is 24.6 Å². The number of amides is 1. The molecule has 2 rings (SSSR count). The number of carbonyl (C=O) groups is 1. The molecule has 1 aromatic carbocycles. The van der Waals surface area contributed by atoms with E-state index >= 15 is 0 Å². The quantitative estimate of drug-likeness (QED) is 0.761. The molecule has 1 aliphatic heterocycles. The summed E-state index contributed by atoms with van der Waals surface area (Å²) >= 11 is 0. The van der Waals surface area contributed by atoms with E-state index in [1.807, 2.05) is 36.1 Å². The fourth-order valence-corrected chi connectivity index (χ4v) is 1.99. The molecule has 0 N–H and O–H groups in total. The Bertz CT molecular complexity index is 389. The van der Waals surface area contributed by atoms with Gasteiger partial charge in [-0.15, -0.1) is 0 Å². The second-order valence-corrected chi connectivity index (χ2v) is 4.31. The fourth-order valence-electron chi connectivity index (χ4n) is 1.99. The molecule has 0 bridgehead atoms. The van der Waals surface area contributed by atoms with Crippen molar-refractivity contribution < 1.29 is 9.53 Å². The zero-order valence-corrected chi connectivity index (χ0v) is 9.77. The number of hydrogen-bond acceptors (Lipinski definition) is 2. The van der Waals surface area contributed by atoms with Gasteiger partial charge in [-0.25, -0.2) is 0 Å². The topological polar surface area (TPSA) is 29.5 Å². The number of carbonyl (C=O) groups excluding carboxylic acids is 1. The third-order valence-electron chi connectivity index (χ3n) is 2.88. The maximum absolute atomic E-state index is 11.2. The molecule has 0 aliphatic carbocycles. The monoisotopic (exact) mass is 219 g/mol. The summed E-state index contributed by atoms with van der Waals surface area (Å²) in [6, 6.07) is 8.02. The number of ether oxygens (including phenoxy) is 1. The zero-order valence-electron chi connectivity index (χ0n) is 9.77. The van der Waals surface area contributed by atoms with E-state index in [2.05, 4.69) is 0 Å². The van der Waals surface area contributed by atoms with Crippen molar-refractivity contribution in [2.45, 2.75) is 26.4 Å². The minimum absolute atomic E-state index is 0.135. The highest BCUT2D eigenvalue weighted by atomic mass is 16.5. The van der Waals surface area contributed by atoms with Gasteiger partial charge in [-0.3, -0.25) is 4.79 Å². The van der Waals surface area contributed by atoms with Crippen molar-refractivity contribution in [3.8, 4) is 5.75 Å². The fraction of sp³-hybridized carbons (Fsp3) is 0.462. The first kappa shape index (κ1) is 11.0. The normalized spacial score (nSPS) is 19.9. The Morgan fingerprint density at radius 2 is 2.31 bits per heavy atom. The smallest absolute Gasteiger partial charge is 0.219 e. The Kier molecular flexibility index (Phi) is 3.13. The Balaban J connectivity index is 1.94. The molecule has 1 unspecified atom stereocenters.